The maximum absolute atomic E-state index is 11.7. The minimum atomic E-state index is -0.899. The van der Waals surface area contributed by atoms with Crippen LogP contribution in [0.3, 0.4) is 0 Å². The molecule has 1 aliphatic heterocycles. The fourth-order valence-corrected chi connectivity index (χ4v) is 2.28. The Bertz CT molecular complexity index is 569. The highest BCUT2D eigenvalue weighted by Crippen LogP contribution is 2.25. The summed E-state index contributed by atoms with van der Waals surface area (Å²) in [7, 11) is 0. The second kappa shape index (κ2) is 6.88. The van der Waals surface area contributed by atoms with E-state index in [0.717, 1.165) is 24.1 Å². The zero-order valence-corrected chi connectivity index (χ0v) is 11.6. The number of carboxylic acids is 1. The third-order valence-corrected chi connectivity index (χ3v) is 3.31. The first-order valence-corrected chi connectivity index (χ1v) is 6.99. The van der Waals surface area contributed by atoms with Crippen molar-refractivity contribution < 1.29 is 19.5 Å². The average Bonchev–Trinajstić information content (AvgIpc) is 2.58. The third-order valence-electron chi connectivity index (χ3n) is 3.31. The van der Waals surface area contributed by atoms with Crippen LogP contribution >= 0.6 is 0 Å². The lowest BCUT2D eigenvalue weighted by atomic mass is 10.1. The largest absolute Gasteiger partial charge is 0.481 e. The number of fused-ring (bicyclic) bond motifs is 1. The van der Waals surface area contributed by atoms with Crippen LogP contribution in [0.4, 0.5) is 11.4 Å². The Morgan fingerprint density at radius 3 is 2.81 bits per heavy atom. The first kappa shape index (κ1) is 15.0. The van der Waals surface area contributed by atoms with E-state index in [1.807, 2.05) is 6.07 Å². The Morgan fingerprint density at radius 1 is 1.24 bits per heavy atom. The van der Waals surface area contributed by atoms with Crippen LogP contribution in [0.15, 0.2) is 18.2 Å². The topological polar surface area (TPSA) is 95.5 Å². The monoisotopic (exact) mass is 290 g/mol. The molecule has 0 unspecified atom stereocenters. The van der Waals surface area contributed by atoms with E-state index in [4.69, 9.17) is 5.11 Å². The van der Waals surface area contributed by atoms with Crippen molar-refractivity contribution in [3.8, 4) is 0 Å². The molecule has 0 bridgehead atoms. The fourth-order valence-electron chi connectivity index (χ4n) is 2.28. The Labute approximate surface area is 122 Å². The van der Waals surface area contributed by atoms with Gasteiger partial charge in [0.1, 0.15) is 0 Å². The van der Waals surface area contributed by atoms with Crippen LogP contribution in [0.25, 0.3) is 0 Å². The second-order valence-corrected chi connectivity index (χ2v) is 5.07. The number of anilines is 2. The molecule has 0 saturated carbocycles. The predicted molar refractivity (Wildman–Crippen MR) is 78.1 cm³/mol. The van der Waals surface area contributed by atoms with Gasteiger partial charge in [0, 0.05) is 30.6 Å². The molecule has 112 valence electrons. The van der Waals surface area contributed by atoms with Gasteiger partial charge in [-0.1, -0.05) is 0 Å². The van der Waals surface area contributed by atoms with Crippen molar-refractivity contribution in [3.63, 3.8) is 0 Å². The van der Waals surface area contributed by atoms with E-state index in [0.29, 0.717) is 18.5 Å². The van der Waals surface area contributed by atoms with Crippen molar-refractivity contribution in [2.24, 2.45) is 0 Å². The number of aryl methyl sites for hydroxylation is 1. The summed E-state index contributed by atoms with van der Waals surface area (Å²) in [6.07, 6.45) is 2.57. The maximum Gasteiger partial charge on any atom is 0.303 e. The highest BCUT2D eigenvalue weighted by molar-refractivity contribution is 5.94. The molecule has 0 aromatic heterocycles. The standard InChI is InChI=1S/C15H18N2O4/c18-13(5-2-6-15(20)21)16-11-7-8-12-10(9-11)3-1-4-14(19)17-12/h7-9H,1-6H2,(H,16,18)(H,17,19)(H,20,21). The lowest BCUT2D eigenvalue weighted by molar-refractivity contribution is -0.137. The van der Waals surface area contributed by atoms with Crippen molar-refractivity contribution in [2.45, 2.75) is 38.5 Å². The molecule has 0 fully saturated rings. The molecule has 0 aliphatic carbocycles. The van der Waals surface area contributed by atoms with E-state index in [9.17, 15) is 14.4 Å². The van der Waals surface area contributed by atoms with Gasteiger partial charge in [0.2, 0.25) is 11.8 Å². The molecule has 1 aromatic rings. The highest BCUT2D eigenvalue weighted by atomic mass is 16.4. The number of hydrogen-bond donors (Lipinski definition) is 3. The van der Waals surface area contributed by atoms with Gasteiger partial charge >= 0.3 is 5.97 Å². The van der Waals surface area contributed by atoms with Gasteiger partial charge in [-0.2, -0.15) is 0 Å². The third kappa shape index (κ3) is 4.59. The summed E-state index contributed by atoms with van der Waals surface area (Å²) in [5.41, 5.74) is 2.47. The number of nitrogens with one attached hydrogen (secondary N) is 2. The van der Waals surface area contributed by atoms with E-state index >= 15 is 0 Å². The fraction of sp³-hybridized carbons (Fsp3) is 0.400. The normalized spacial score (nSPS) is 13.8. The van der Waals surface area contributed by atoms with Gasteiger partial charge in [-0.05, 0) is 43.0 Å². The van der Waals surface area contributed by atoms with Crippen LogP contribution in [-0.2, 0) is 20.8 Å². The molecule has 0 saturated heterocycles. The summed E-state index contributed by atoms with van der Waals surface area (Å²) in [5.74, 6) is -1.09. The van der Waals surface area contributed by atoms with Gasteiger partial charge < -0.3 is 15.7 Å². The summed E-state index contributed by atoms with van der Waals surface area (Å²) < 4.78 is 0. The summed E-state index contributed by atoms with van der Waals surface area (Å²) in [5, 5.41) is 14.1. The maximum atomic E-state index is 11.7. The average molecular weight is 290 g/mol. The molecule has 1 heterocycles. The number of benzene rings is 1. The van der Waals surface area contributed by atoms with E-state index in [1.54, 1.807) is 12.1 Å². The van der Waals surface area contributed by atoms with Crippen LogP contribution in [0.2, 0.25) is 0 Å². The smallest absolute Gasteiger partial charge is 0.303 e. The minimum absolute atomic E-state index is 0.0103. The Kier molecular flexibility index (Phi) is 4.92. The van der Waals surface area contributed by atoms with Gasteiger partial charge in [-0.3, -0.25) is 14.4 Å². The zero-order chi connectivity index (χ0) is 15.2. The molecule has 3 N–H and O–H groups in total. The molecule has 0 atom stereocenters. The molecule has 0 radical (unpaired) electrons. The molecule has 21 heavy (non-hydrogen) atoms. The molecule has 6 nitrogen and oxygen atoms in total. The Morgan fingerprint density at radius 2 is 2.05 bits per heavy atom. The zero-order valence-electron chi connectivity index (χ0n) is 11.6. The van der Waals surface area contributed by atoms with E-state index < -0.39 is 5.97 Å². The summed E-state index contributed by atoms with van der Waals surface area (Å²) >= 11 is 0. The van der Waals surface area contributed by atoms with Gasteiger partial charge in [0.05, 0.1) is 0 Å². The lowest BCUT2D eigenvalue weighted by Crippen LogP contribution is -2.12. The van der Waals surface area contributed by atoms with Crippen molar-refractivity contribution in [3.05, 3.63) is 23.8 Å². The van der Waals surface area contributed by atoms with E-state index in [-0.39, 0.29) is 24.7 Å². The van der Waals surface area contributed by atoms with Gasteiger partial charge in [0.25, 0.3) is 0 Å². The second-order valence-electron chi connectivity index (χ2n) is 5.07. The van der Waals surface area contributed by atoms with Crippen molar-refractivity contribution in [2.75, 3.05) is 10.6 Å². The molecule has 6 heteroatoms. The first-order chi connectivity index (χ1) is 10.0. The quantitative estimate of drug-likeness (QED) is 0.774. The van der Waals surface area contributed by atoms with Crippen LogP contribution in [0, 0.1) is 0 Å². The number of rotatable bonds is 5. The highest BCUT2D eigenvalue weighted by Gasteiger charge is 2.13. The van der Waals surface area contributed by atoms with Gasteiger partial charge in [0.15, 0.2) is 0 Å². The van der Waals surface area contributed by atoms with Gasteiger partial charge in [-0.25, -0.2) is 0 Å². The van der Waals surface area contributed by atoms with E-state index in [1.165, 1.54) is 0 Å². The van der Waals surface area contributed by atoms with Crippen molar-refractivity contribution >= 4 is 29.2 Å². The number of carbonyl (C=O) groups excluding carboxylic acids is 2. The Hall–Kier alpha value is -2.37. The summed E-state index contributed by atoms with van der Waals surface area (Å²) in [4.78, 5) is 33.6. The molecule has 1 aromatic carbocycles. The van der Waals surface area contributed by atoms with Crippen LogP contribution < -0.4 is 10.6 Å². The van der Waals surface area contributed by atoms with Gasteiger partial charge in [-0.15, -0.1) is 0 Å². The number of amides is 2. The molecular weight excluding hydrogens is 272 g/mol. The number of aliphatic carboxylic acids is 1. The molecular formula is C15H18N2O4. The first-order valence-electron chi connectivity index (χ1n) is 6.99. The van der Waals surface area contributed by atoms with E-state index in [2.05, 4.69) is 10.6 Å². The van der Waals surface area contributed by atoms with Crippen LogP contribution in [0.5, 0.6) is 0 Å². The predicted octanol–water partition coefficient (Wildman–Crippen LogP) is 2.15. The number of carboxylic acid groups (broad SMARTS) is 1. The van der Waals surface area contributed by atoms with Crippen LogP contribution in [0.1, 0.15) is 37.7 Å². The Balaban J connectivity index is 1.95. The number of carbonyl (C=O) groups is 3. The van der Waals surface area contributed by atoms with Crippen molar-refractivity contribution in [1.29, 1.82) is 0 Å². The lowest BCUT2D eigenvalue weighted by Gasteiger charge is -2.10. The molecule has 2 rings (SSSR count). The van der Waals surface area contributed by atoms with Crippen LogP contribution in [-0.4, -0.2) is 22.9 Å². The summed E-state index contributed by atoms with van der Waals surface area (Å²) in [6.45, 7) is 0. The summed E-state index contributed by atoms with van der Waals surface area (Å²) in [6, 6.07) is 5.38. The minimum Gasteiger partial charge on any atom is -0.481 e. The van der Waals surface area contributed by atoms with Crippen molar-refractivity contribution in [1.82, 2.24) is 0 Å². The SMILES string of the molecule is O=C(O)CCCC(=O)Nc1ccc2c(c1)CCCC(=O)N2. The molecule has 1 aliphatic rings. The molecule has 2 amide bonds. The number of hydrogen-bond acceptors (Lipinski definition) is 3. The molecule has 0 spiro atoms.